The Morgan fingerprint density at radius 2 is 1.43 bits per heavy atom. The minimum atomic E-state index is -1.48. The van der Waals surface area contributed by atoms with Gasteiger partial charge in [-0.25, -0.2) is 4.79 Å². The number of hydrogen-bond donors (Lipinski definition) is 0. The van der Waals surface area contributed by atoms with E-state index in [9.17, 15) is 19.2 Å². The van der Waals surface area contributed by atoms with E-state index in [1.807, 2.05) is 0 Å². The van der Waals surface area contributed by atoms with Crippen molar-refractivity contribution in [1.82, 2.24) is 0 Å². The molecule has 0 spiro atoms. The first-order valence-corrected chi connectivity index (χ1v) is 8.66. The second-order valence-corrected chi connectivity index (χ2v) is 6.25. The minimum Gasteiger partial charge on any atom is -0.459 e. The first kappa shape index (κ1) is 23.6. The van der Waals surface area contributed by atoms with Crippen LogP contribution in [0.15, 0.2) is 12.7 Å². The van der Waals surface area contributed by atoms with Crippen molar-refractivity contribution in [1.29, 1.82) is 0 Å². The molecule has 10 nitrogen and oxygen atoms in total. The summed E-state index contributed by atoms with van der Waals surface area (Å²) in [7, 11) is 0. The minimum absolute atomic E-state index is 0.118. The topological polar surface area (TPSA) is 124 Å². The van der Waals surface area contributed by atoms with Crippen LogP contribution in [0, 0.1) is 0 Å². The molecule has 1 aliphatic rings. The summed E-state index contributed by atoms with van der Waals surface area (Å²) in [6.45, 7) is 10.1. The second-order valence-electron chi connectivity index (χ2n) is 6.25. The Balaban J connectivity index is 3.35. The standard InChI is InChI=1S/C18H26O10/c1-7-8-23-17(22)15-13(25-10(4)19)14(26-11(5)20)16(27-12(6)21)18(28-15)24-9(2)3/h7,9,13-16,18H,1,8H2,2-6H3/t13-,14-,15-,16+,18+/m0/s1. The lowest BCUT2D eigenvalue weighted by Gasteiger charge is -2.43. The highest BCUT2D eigenvalue weighted by Gasteiger charge is 2.55. The molecule has 1 rings (SSSR count). The SMILES string of the molecule is C=CCOC(=O)[C@H]1O[C@@H](OC(C)C)[C@H](OC(C)=O)[C@@H](OC(C)=O)[C@@H]1OC(C)=O. The average Bonchev–Trinajstić information content (AvgIpc) is 2.55. The van der Waals surface area contributed by atoms with Gasteiger partial charge in [0.1, 0.15) is 6.61 Å². The molecular formula is C18H26O10. The van der Waals surface area contributed by atoms with Crippen LogP contribution in [0.2, 0.25) is 0 Å². The van der Waals surface area contributed by atoms with Crippen LogP contribution in [0.1, 0.15) is 34.6 Å². The molecule has 0 unspecified atom stereocenters. The van der Waals surface area contributed by atoms with E-state index in [1.54, 1.807) is 13.8 Å². The fourth-order valence-corrected chi connectivity index (χ4v) is 2.56. The Morgan fingerprint density at radius 3 is 1.89 bits per heavy atom. The van der Waals surface area contributed by atoms with Crippen molar-refractivity contribution >= 4 is 23.9 Å². The van der Waals surface area contributed by atoms with E-state index in [-0.39, 0.29) is 6.61 Å². The highest BCUT2D eigenvalue weighted by atomic mass is 16.7. The van der Waals surface area contributed by atoms with E-state index in [4.69, 9.17) is 28.4 Å². The maximum Gasteiger partial charge on any atom is 0.339 e. The van der Waals surface area contributed by atoms with Crippen LogP contribution in [-0.2, 0) is 47.6 Å². The normalized spacial score (nSPS) is 26.9. The lowest BCUT2D eigenvalue weighted by Crippen LogP contribution is -2.64. The highest BCUT2D eigenvalue weighted by molar-refractivity contribution is 5.77. The molecule has 5 atom stereocenters. The average molecular weight is 402 g/mol. The van der Waals surface area contributed by atoms with Crippen LogP contribution in [0.3, 0.4) is 0 Å². The summed E-state index contributed by atoms with van der Waals surface area (Å²) in [5.74, 6) is -3.11. The quantitative estimate of drug-likeness (QED) is 0.325. The van der Waals surface area contributed by atoms with Crippen molar-refractivity contribution < 1.29 is 47.6 Å². The lowest BCUT2D eigenvalue weighted by molar-refractivity contribution is -0.308. The van der Waals surface area contributed by atoms with Crippen molar-refractivity contribution in [2.75, 3.05) is 6.61 Å². The van der Waals surface area contributed by atoms with Gasteiger partial charge in [0.05, 0.1) is 6.10 Å². The van der Waals surface area contributed by atoms with Gasteiger partial charge < -0.3 is 28.4 Å². The van der Waals surface area contributed by atoms with Crippen molar-refractivity contribution in [2.45, 2.75) is 71.4 Å². The van der Waals surface area contributed by atoms with Crippen LogP contribution in [0.4, 0.5) is 0 Å². The number of carbonyl (C=O) groups is 4. The van der Waals surface area contributed by atoms with E-state index in [0.717, 1.165) is 20.8 Å². The van der Waals surface area contributed by atoms with E-state index >= 15 is 0 Å². The molecule has 1 fully saturated rings. The van der Waals surface area contributed by atoms with Gasteiger partial charge in [0.15, 0.2) is 30.7 Å². The van der Waals surface area contributed by atoms with Crippen molar-refractivity contribution in [3.05, 3.63) is 12.7 Å². The van der Waals surface area contributed by atoms with Gasteiger partial charge >= 0.3 is 23.9 Å². The molecule has 0 aromatic carbocycles. The summed E-state index contributed by atoms with van der Waals surface area (Å²) in [5, 5.41) is 0. The fourth-order valence-electron chi connectivity index (χ4n) is 2.56. The van der Waals surface area contributed by atoms with Crippen molar-refractivity contribution in [2.24, 2.45) is 0 Å². The van der Waals surface area contributed by atoms with E-state index in [1.165, 1.54) is 6.08 Å². The fraction of sp³-hybridized carbons (Fsp3) is 0.667. The summed E-state index contributed by atoms with van der Waals surface area (Å²) in [5.41, 5.74) is 0. The molecule has 0 aromatic heterocycles. The summed E-state index contributed by atoms with van der Waals surface area (Å²) in [4.78, 5) is 47.3. The van der Waals surface area contributed by atoms with Crippen LogP contribution < -0.4 is 0 Å². The molecule has 28 heavy (non-hydrogen) atoms. The zero-order chi connectivity index (χ0) is 21.4. The van der Waals surface area contributed by atoms with Gasteiger partial charge in [0, 0.05) is 20.8 Å². The first-order chi connectivity index (χ1) is 13.1. The summed E-state index contributed by atoms with van der Waals surface area (Å²) in [6.07, 6.45) is -5.87. The largest absolute Gasteiger partial charge is 0.459 e. The molecule has 1 aliphatic heterocycles. The molecule has 1 saturated heterocycles. The number of hydrogen-bond acceptors (Lipinski definition) is 10. The molecule has 0 bridgehead atoms. The molecule has 0 aliphatic carbocycles. The molecular weight excluding hydrogens is 376 g/mol. The summed E-state index contributed by atoms with van der Waals surface area (Å²) < 4.78 is 31.8. The van der Waals surface area contributed by atoms with Gasteiger partial charge in [0.2, 0.25) is 0 Å². The van der Waals surface area contributed by atoms with Gasteiger partial charge in [-0.15, -0.1) is 0 Å². The molecule has 158 valence electrons. The Morgan fingerprint density at radius 1 is 0.929 bits per heavy atom. The van der Waals surface area contributed by atoms with Crippen LogP contribution in [0.25, 0.3) is 0 Å². The highest BCUT2D eigenvalue weighted by Crippen LogP contribution is 2.30. The van der Waals surface area contributed by atoms with Crippen molar-refractivity contribution in [3.8, 4) is 0 Å². The first-order valence-electron chi connectivity index (χ1n) is 8.66. The van der Waals surface area contributed by atoms with E-state index in [0.29, 0.717) is 0 Å². The summed E-state index contributed by atoms with van der Waals surface area (Å²) >= 11 is 0. The third kappa shape index (κ3) is 6.93. The molecule has 0 amide bonds. The third-order valence-electron chi connectivity index (χ3n) is 3.38. The Bertz CT molecular complexity index is 599. The number of rotatable bonds is 8. The molecule has 0 saturated carbocycles. The Hall–Kier alpha value is -2.46. The molecule has 0 aromatic rings. The van der Waals surface area contributed by atoms with Crippen molar-refractivity contribution in [3.63, 3.8) is 0 Å². The molecule has 0 N–H and O–H groups in total. The zero-order valence-electron chi connectivity index (χ0n) is 16.5. The predicted molar refractivity (Wildman–Crippen MR) is 92.7 cm³/mol. The van der Waals surface area contributed by atoms with Gasteiger partial charge in [-0.1, -0.05) is 12.7 Å². The number of esters is 4. The molecule has 10 heteroatoms. The number of carbonyl (C=O) groups excluding carboxylic acids is 4. The van der Waals surface area contributed by atoms with E-state index in [2.05, 4.69) is 6.58 Å². The number of ether oxygens (including phenoxy) is 6. The van der Waals surface area contributed by atoms with Crippen LogP contribution in [-0.4, -0.2) is 67.3 Å². The van der Waals surface area contributed by atoms with E-state index < -0.39 is 60.7 Å². The van der Waals surface area contributed by atoms with Crippen LogP contribution >= 0.6 is 0 Å². The van der Waals surface area contributed by atoms with Gasteiger partial charge in [-0.05, 0) is 13.8 Å². The monoisotopic (exact) mass is 402 g/mol. The Labute approximate surface area is 163 Å². The summed E-state index contributed by atoms with van der Waals surface area (Å²) in [6, 6.07) is 0. The maximum atomic E-state index is 12.5. The van der Waals surface area contributed by atoms with Gasteiger partial charge in [0.25, 0.3) is 0 Å². The zero-order valence-corrected chi connectivity index (χ0v) is 16.5. The predicted octanol–water partition coefficient (Wildman–Crippen LogP) is 0.661. The Kier molecular flexibility index (Phi) is 9.07. The van der Waals surface area contributed by atoms with Gasteiger partial charge in [-0.3, -0.25) is 14.4 Å². The maximum absolute atomic E-state index is 12.5. The van der Waals surface area contributed by atoms with Gasteiger partial charge in [-0.2, -0.15) is 0 Å². The smallest absolute Gasteiger partial charge is 0.339 e. The van der Waals surface area contributed by atoms with Crippen LogP contribution in [0.5, 0.6) is 0 Å². The molecule has 1 heterocycles. The molecule has 0 radical (unpaired) electrons. The lowest BCUT2D eigenvalue weighted by atomic mass is 9.97. The second kappa shape index (κ2) is 10.8. The third-order valence-corrected chi connectivity index (χ3v) is 3.38.